The highest BCUT2D eigenvalue weighted by atomic mass is 31.2. The van der Waals surface area contributed by atoms with Crippen molar-refractivity contribution < 1.29 is 52.2 Å². The Morgan fingerprint density at radius 1 is 0.362 bits per heavy atom. The normalized spacial score (nSPS) is 13.7. The van der Waals surface area contributed by atoms with Crippen LogP contribution in [0, 0.1) is 0 Å². The minimum absolute atomic E-state index is 0.148. The summed E-state index contributed by atoms with van der Waals surface area (Å²) >= 11 is 0. The zero-order valence-electron chi connectivity index (χ0n) is 51.5. The molecule has 0 aromatic rings. The fraction of sp³-hybridized carbons (Fsp3) is 0.779. The quantitative estimate of drug-likeness (QED) is 0.0197. The molecule has 11 nitrogen and oxygen atoms in total. The van der Waals surface area contributed by atoms with Gasteiger partial charge in [-0.1, -0.05) is 267 Å². The van der Waals surface area contributed by atoms with Crippen molar-refractivity contribution in [2.24, 2.45) is 0 Å². The number of allylic oxidation sites excluding steroid dienone is 12. The first-order chi connectivity index (χ1) is 39.2. The van der Waals surface area contributed by atoms with Crippen molar-refractivity contribution in [2.75, 3.05) is 26.4 Å². The number of phosphoric acid groups is 1. The molecule has 0 aliphatic heterocycles. The number of unbranched alkanes of at least 4 members (excludes halogenated alkanes) is 32. The Morgan fingerprint density at radius 3 is 1.02 bits per heavy atom. The van der Waals surface area contributed by atoms with E-state index in [0.29, 0.717) is 19.3 Å². The minimum Gasteiger partial charge on any atom is -0.462 e. The summed E-state index contributed by atoms with van der Waals surface area (Å²) in [4.78, 5) is 48.8. The lowest BCUT2D eigenvalue weighted by Gasteiger charge is -2.21. The van der Waals surface area contributed by atoms with Crippen molar-refractivity contribution in [3.63, 3.8) is 0 Å². The fourth-order valence-corrected chi connectivity index (χ4v) is 9.93. The van der Waals surface area contributed by atoms with Gasteiger partial charge in [0, 0.05) is 19.3 Å². The van der Waals surface area contributed by atoms with E-state index in [4.69, 9.17) is 23.3 Å². The Bertz CT molecular complexity index is 1620. The average molecular weight is 1150 g/mol. The first-order valence-corrected chi connectivity index (χ1v) is 34.3. The van der Waals surface area contributed by atoms with Crippen LogP contribution in [0.25, 0.3) is 0 Å². The molecule has 2 N–H and O–H groups in total. The lowest BCUT2D eigenvalue weighted by Crippen LogP contribution is -2.30. The molecular formula is C68H121O11P. The SMILES string of the molecule is CC/C=C\C/C=C\C/C=C\C/C=C\CCCCCCC(=O)OC(CO)COP(=O)(O)OCC(COC(=O)CCCCCCCCCCCCCCCCCCC)OC(=O)CCCCCCCCCCC/C=C\C/C=C\CCCCC. The predicted molar refractivity (Wildman–Crippen MR) is 335 cm³/mol. The number of rotatable bonds is 61. The van der Waals surface area contributed by atoms with Gasteiger partial charge in [-0.05, 0) is 89.9 Å². The second-order valence-corrected chi connectivity index (χ2v) is 23.4. The minimum atomic E-state index is -4.76. The van der Waals surface area contributed by atoms with Crippen molar-refractivity contribution in [1.29, 1.82) is 0 Å². The Labute approximate surface area is 490 Å². The summed E-state index contributed by atoms with van der Waals surface area (Å²) in [5, 5.41) is 9.85. The molecule has 3 atom stereocenters. The molecule has 0 fully saturated rings. The Morgan fingerprint density at radius 2 is 0.650 bits per heavy atom. The Kier molecular flexibility index (Phi) is 59.6. The molecule has 0 aromatic heterocycles. The number of aliphatic hydroxyl groups is 1. The topological polar surface area (TPSA) is 155 Å². The summed E-state index contributed by atoms with van der Waals surface area (Å²) in [6.45, 7) is 4.53. The van der Waals surface area contributed by atoms with E-state index in [-0.39, 0.29) is 25.9 Å². The molecule has 0 aromatic carbocycles. The lowest BCUT2D eigenvalue weighted by molar-refractivity contribution is -0.161. The van der Waals surface area contributed by atoms with Crippen LogP contribution in [-0.2, 0) is 42.2 Å². The van der Waals surface area contributed by atoms with Crippen LogP contribution >= 0.6 is 7.82 Å². The number of hydrogen-bond donors (Lipinski definition) is 2. The van der Waals surface area contributed by atoms with Crippen LogP contribution < -0.4 is 0 Å². The molecule has 464 valence electrons. The maximum Gasteiger partial charge on any atom is 0.472 e. The van der Waals surface area contributed by atoms with Crippen molar-refractivity contribution in [3.8, 4) is 0 Å². The van der Waals surface area contributed by atoms with Crippen LogP contribution in [-0.4, -0.2) is 66.5 Å². The summed E-state index contributed by atoms with van der Waals surface area (Å²) in [6.07, 6.45) is 71.3. The largest absolute Gasteiger partial charge is 0.472 e. The standard InChI is InChI=1S/C68H121O11P/c1-4-7-10-13-16-19-22-25-28-31-32-35-38-41-44-47-50-53-56-59-68(72)79-65(61-75-66(70)57-54-51-48-45-42-39-36-33-29-26-23-20-17-14-11-8-5-2)63-77-80(73,74)76-62-64(60-69)78-67(71)58-55-52-49-46-43-40-37-34-30-27-24-21-18-15-12-9-6-3/h9,12,16,18-19,21,25,27-28,30,37,40,64-65,69H,4-8,10-11,13-15,17,20,22-24,26,29,31-36,38-39,41-63H2,1-3H3,(H,73,74)/b12-9-,19-16-,21-18-,28-25-,30-27-,40-37-. The molecule has 12 heteroatoms. The van der Waals surface area contributed by atoms with Gasteiger partial charge >= 0.3 is 25.7 Å². The number of hydrogen-bond acceptors (Lipinski definition) is 10. The molecule has 0 heterocycles. The van der Waals surface area contributed by atoms with Gasteiger partial charge < -0.3 is 24.2 Å². The zero-order chi connectivity index (χ0) is 58.3. The third-order valence-electron chi connectivity index (χ3n) is 14.1. The predicted octanol–water partition coefficient (Wildman–Crippen LogP) is 20.0. The molecule has 0 radical (unpaired) electrons. The Balaban J connectivity index is 4.71. The molecule has 0 amide bonds. The van der Waals surface area contributed by atoms with Crippen LogP contribution in [0.3, 0.4) is 0 Å². The first kappa shape index (κ1) is 76.9. The molecule has 80 heavy (non-hydrogen) atoms. The van der Waals surface area contributed by atoms with Crippen molar-refractivity contribution in [2.45, 2.75) is 315 Å². The molecule has 0 spiro atoms. The van der Waals surface area contributed by atoms with E-state index < -0.39 is 57.8 Å². The van der Waals surface area contributed by atoms with Gasteiger partial charge in [-0.15, -0.1) is 0 Å². The summed E-state index contributed by atoms with van der Waals surface area (Å²) < 4.78 is 39.7. The number of aliphatic hydroxyl groups excluding tert-OH is 1. The third kappa shape index (κ3) is 59.5. The summed E-state index contributed by atoms with van der Waals surface area (Å²) in [6, 6.07) is 0. The average Bonchev–Trinajstić information content (AvgIpc) is 3.45. The van der Waals surface area contributed by atoms with Gasteiger partial charge in [0.25, 0.3) is 0 Å². The van der Waals surface area contributed by atoms with E-state index in [9.17, 15) is 28.9 Å². The van der Waals surface area contributed by atoms with E-state index in [1.54, 1.807) is 0 Å². The van der Waals surface area contributed by atoms with Gasteiger partial charge in [0.1, 0.15) is 12.7 Å². The second kappa shape index (κ2) is 62.0. The van der Waals surface area contributed by atoms with Crippen molar-refractivity contribution in [3.05, 3.63) is 72.9 Å². The number of esters is 3. The van der Waals surface area contributed by atoms with Gasteiger partial charge in [-0.3, -0.25) is 23.4 Å². The molecule has 0 aliphatic rings. The summed E-state index contributed by atoms with van der Waals surface area (Å²) in [7, 11) is -4.76. The van der Waals surface area contributed by atoms with Crippen molar-refractivity contribution >= 4 is 25.7 Å². The third-order valence-corrected chi connectivity index (χ3v) is 15.1. The zero-order valence-corrected chi connectivity index (χ0v) is 52.4. The van der Waals surface area contributed by atoms with Gasteiger partial charge in [-0.25, -0.2) is 4.57 Å². The molecule has 0 rings (SSSR count). The number of ether oxygens (including phenoxy) is 3. The number of carbonyl (C=O) groups is 3. The second-order valence-electron chi connectivity index (χ2n) is 21.9. The van der Waals surface area contributed by atoms with E-state index >= 15 is 0 Å². The van der Waals surface area contributed by atoms with E-state index in [1.165, 1.54) is 141 Å². The molecule has 0 saturated carbocycles. The van der Waals surface area contributed by atoms with E-state index in [0.717, 1.165) is 103 Å². The van der Waals surface area contributed by atoms with Crippen LogP contribution in [0.2, 0.25) is 0 Å². The highest BCUT2D eigenvalue weighted by Crippen LogP contribution is 2.43. The monoisotopic (exact) mass is 1140 g/mol. The van der Waals surface area contributed by atoms with Crippen LogP contribution in [0.1, 0.15) is 303 Å². The highest BCUT2D eigenvalue weighted by Gasteiger charge is 2.28. The summed E-state index contributed by atoms with van der Waals surface area (Å²) in [5.41, 5.74) is 0. The Hall–Kier alpha value is -3.08. The lowest BCUT2D eigenvalue weighted by atomic mass is 10.0. The highest BCUT2D eigenvalue weighted by molar-refractivity contribution is 7.47. The van der Waals surface area contributed by atoms with Crippen LogP contribution in [0.5, 0.6) is 0 Å². The number of phosphoric ester groups is 1. The van der Waals surface area contributed by atoms with E-state index in [2.05, 4.69) is 93.7 Å². The molecule has 0 bridgehead atoms. The molecular weight excluding hydrogens is 1020 g/mol. The van der Waals surface area contributed by atoms with Gasteiger partial charge in [-0.2, -0.15) is 0 Å². The molecule has 3 unspecified atom stereocenters. The fourth-order valence-electron chi connectivity index (χ4n) is 9.14. The van der Waals surface area contributed by atoms with E-state index in [1.807, 2.05) is 0 Å². The van der Waals surface area contributed by atoms with Crippen LogP contribution in [0.4, 0.5) is 0 Å². The molecule has 0 aliphatic carbocycles. The van der Waals surface area contributed by atoms with Crippen molar-refractivity contribution in [1.82, 2.24) is 0 Å². The maximum absolute atomic E-state index is 13.0. The van der Waals surface area contributed by atoms with Gasteiger partial charge in [0.15, 0.2) is 6.10 Å². The first-order valence-electron chi connectivity index (χ1n) is 32.8. The van der Waals surface area contributed by atoms with Gasteiger partial charge in [0.05, 0.1) is 19.8 Å². The molecule has 0 saturated heterocycles. The maximum atomic E-state index is 13.0. The smallest absolute Gasteiger partial charge is 0.462 e. The van der Waals surface area contributed by atoms with Gasteiger partial charge in [0.2, 0.25) is 0 Å². The van der Waals surface area contributed by atoms with Crippen LogP contribution in [0.15, 0.2) is 72.9 Å². The summed E-state index contributed by atoms with van der Waals surface area (Å²) in [5.74, 6) is -1.48. The number of carbonyl (C=O) groups excluding carboxylic acids is 3.